The molecule has 0 saturated heterocycles. The number of nitrogens with one attached hydrogen (secondary N) is 1. The van der Waals surface area contributed by atoms with Crippen molar-refractivity contribution in [2.45, 2.75) is 6.17 Å². The van der Waals surface area contributed by atoms with Crippen LogP contribution in [0.2, 0.25) is 0 Å². The topological polar surface area (TPSA) is 77.2 Å². The number of fused-ring (bicyclic) bond motifs is 1. The van der Waals surface area contributed by atoms with Crippen molar-refractivity contribution in [3.8, 4) is 11.4 Å². The second-order valence-electron chi connectivity index (χ2n) is 6.00. The average Bonchev–Trinajstić information content (AvgIpc) is 3.44. The zero-order valence-electron chi connectivity index (χ0n) is 13.8. The standard InChI is InChI=1S/C19H15N7/c1-2-15(11-20-5-1)18-23-16-4-3-14(10-17(16)24-18)19(25-8-6-21-12-25)26-9-7-22-13-26/h1-13,19H,(H,23,24). The Hall–Kier alpha value is -3.74. The van der Waals surface area contributed by atoms with E-state index in [2.05, 4.69) is 38.1 Å². The van der Waals surface area contributed by atoms with Gasteiger partial charge in [-0.1, -0.05) is 6.07 Å². The first-order valence-corrected chi connectivity index (χ1v) is 8.23. The summed E-state index contributed by atoms with van der Waals surface area (Å²) < 4.78 is 4.08. The third-order valence-corrected chi connectivity index (χ3v) is 4.35. The summed E-state index contributed by atoms with van der Waals surface area (Å²) in [6.07, 6.45) is 14.5. The summed E-state index contributed by atoms with van der Waals surface area (Å²) in [6, 6.07) is 10.1. The van der Waals surface area contributed by atoms with Crippen LogP contribution in [0.25, 0.3) is 22.4 Å². The SMILES string of the molecule is c1cncc(-c2nc3cc(C(n4ccnc4)n4ccnc4)ccc3[nH]2)c1. The maximum atomic E-state index is 4.74. The van der Waals surface area contributed by atoms with Crippen LogP contribution in [0.3, 0.4) is 0 Å². The molecular weight excluding hydrogens is 326 g/mol. The summed E-state index contributed by atoms with van der Waals surface area (Å²) in [7, 11) is 0. The molecule has 26 heavy (non-hydrogen) atoms. The fourth-order valence-corrected chi connectivity index (χ4v) is 3.15. The highest BCUT2D eigenvalue weighted by Crippen LogP contribution is 2.26. The highest BCUT2D eigenvalue weighted by atomic mass is 15.2. The molecule has 4 heterocycles. The number of aromatic nitrogens is 7. The molecule has 0 radical (unpaired) electrons. The van der Waals surface area contributed by atoms with E-state index >= 15 is 0 Å². The van der Waals surface area contributed by atoms with E-state index in [-0.39, 0.29) is 6.17 Å². The fraction of sp³-hybridized carbons (Fsp3) is 0.0526. The van der Waals surface area contributed by atoms with Gasteiger partial charge in [0, 0.05) is 42.7 Å². The third-order valence-electron chi connectivity index (χ3n) is 4.35. The van der Waals surface area contributed by atoms with E-state index in [1.807, 2.05) is 33.7 Å². The summed E-state index contributed by atoms with van der Waals surface area (Å²) in [6.45, 7) is 0. The van der Waals surface area contributed by atoms with Crippen LogP contribution in [0.1, 0.15) is 11.7 Å². The Morgan fingerprint density at radius 1 is 0.885 bits per heavy atom. The van der Waals surface area contributed by atoms with Gasteiger partial charge in [-0.05, 0) is 29.8 Å². The number of benzene rings is 1. The quantitative estimate of drug-likeness (QED) is 0.545. The molecule has 5 aromatic rings. The number of imidazole rings is 3. The van der Waals surface area contributed by atoms with E-state index in [0.29, 0.717) is 0 Å². The number of nitrogens with zero attached hydrogens (tertiary/aromatic N) is 6. The van der Waals surface area contributed by atoms with Gasteiger partial charge in [0.1, 0.15) is 12.0 Å². The lowest BCUT2D eigenvalue weighted by Crippen LogP contribution is -2.17. The van der Waals surface area contributed by atoms with Crippen molar-refractivity contribution in [2.24, 2.45) is 0 Å². The molecule has 0 atom stereocenters. The Labute approximate surface area is 149 Å². The van der Waals surface area contributed by atoms with Crippen LogP contribution in [0.15, 0.2) is 80.2 Å². The first kappa shape index (κ1) is 14.6. The Balaban J connectivity index is 1.62. The number of pyridine rings is 1. The second kappa shape index (κ2) is 5.96. The van der Waals surface area contributed by atoms with Gasteiger partial charge in [-0.15, -0.1) is 0 Å². The maximum Gasteiger partial charge on any atom is 0.140 e. The monoisotopic (exact) mass is 341 g/mol. The van der Waals surface area contributed by atoms with Gasteiger partial charge in [0.05, 0.1) is 23.7 Å². The molecule has 5 rings (SSSR count). The van der Waals surface area contributed by atoms with Crippen LogP contribution in [-0.4, -0.2) is 34.1 Å². The largest absolute Gasteiger partial charge is 0.338 e. The lowest BCUT2D eigenvalue weighted by molar-refractivity contribution is 0.502. The van der Waals surface area contributed by atoms with Crippen molar-refractivity contribution >= 4 is 11.0 Å². The molecule has 1 aromatic carbocycles. The van der Waals surface area contributed by atoms with E-state index in [1.165, 1.54) is 0 Å². The summed E-state index contributed by atoms with van der Waals surface area (Å²) >= 11 is 0. The van der Waals surface area contributed by atoms with Crippen molar-refractivity contribution in [1.82, 2.24) is 34.1 Å². The highest BCUT2D eigenvalue weighted by molar-refractivity contribution is 5.80. The smallest absolute Gasteiger partial charge is 0.140 e. The molecule has 0 spiro atoms. The predicted molar refractivity (Wildman–Crippen MR) is 97.3 cm³/mol. The molecule has 1 N–H and O–H groups in total. The van der Waals surface area contributed by atoms with Gasteiger partial charge in [0.25, 0.3) is 0 Å². The third kappa shape index (κ3) is 2.46. The second-order valence-corrected chi connectivity index (χ2v) is 6.00. The molecule has 7 nitrogen and oxygen atoms in total. The van der Waals surface area contributed by atoms with Crippen LogP contribution >= 0.6 is 0 Å². The molecule has 7 heteroatoms. The van der Waals surface area contributed by atoms with E-state index in [1.54, 1.807) is 37.4 Å². The van der Waals surface area contributed by atoms with Gasteiger partial charge in [-0.25, -0.2) is 15.0 Å². The zero-order chi connectivity index (χ0) is 17.3. The van der Waals surface area contributed by atoms with Crippen LogP contribution in [0.4, 0.5) is 0 Å². The Bertz CT molecular complexity index is 1090. The van der Waals surface area contributed by atoms with Gasteiger partial charge >= 0.3 is 0 Å². The summed E-state index contributed by atoms with van der Waals surface area (Å²) in [5.41, 5.74) is 3.96. The van der Waals surface area contributed by atoms with Crippen LogP contribution in [0, 0.1) is 0 Å². The molecule has 0 aliphatic rings. The molecule has 0 unspecified atom stereocenters. The molecule has 126 valence electrons. The van der Waals surface area contributed by atoms with Gasteiger partial charge in [-0.2, -0.15) is 0 Å². The van der Waals surface area contributed by atoms with Crippen molar-refractivity contribution in [3.63, 3.8) is 0 Å². The van der Waals surface area contributed by atoms with Crippen molar-refractivity contribution in [3.05, 3.63) is 85.7 Å². The van der Waals surface area contributed by atoms with E-state index in [0.717, 1.165) is 28.0 Å². The van der Waals surface area contributed by atoms with Gasteiger partial charge < -0.3 is 14.1 Å². The molecule has 4 aromatic heterocycles. The van der Waals surface area contributed by atoms with E-state index in [4.69, 9.17) is 4.98 Å². The normalized spacial score (nSPS) is 11.4. The Kier molecular flexibility index (Phi) is 3.35. The van der Waals surface area contributed by atoms with Crippen molar-refractivity contribution in [1.29, 1.82) is 0 Å². The minimum Gasteiger partial charge on any atom is -0.338 e. The lowest BCUT2D eigenvalue weighted by Gasteiger charge is -2.20. The fourth-order valence-electron chi connectivity index (χ4n) is 3.15. The van der Waals surface area contributed by atoms with Crippen molar-refractivity contribution in [2.75, 3.05) is 0 Å². The average molecular weight is 341 g/mol. The molecule has 0 aliphatic heterocycles. The molecule has 0 fully saturated rings. The van der Waals surface area contributed by atoms with Crippen LogP contribution < -0.4 is 0 Å². The minimum absolute atomic E-state index is 0.0667. The Morgan fingerprint density at radius 2 is 1.69 bits per heavy atom. The van der Waals surface area contributed by atoms with E-state index in [9.17, 15) is 0 Å². The van der Waals surface area contributed by atoms with E-state index < -0.39 is 0 Å². The van der Waals surface area contributed by atoms with Gasteiger partial charge in [-0.3, -0.25) is 4.98 Å². The summed E-state index contributed by atoms with van der Waals surface area (Å²) in [5, 5.41) is 0. The first-order chi connectivity index (χ1) is 12.9. The Morgan fingerprint density at radius 3 is 2.35 bits per heavy atom. The first-order valence-electron chi connectivity index (χ1n) is 8.23. The predicted octanol–water partition coefficient (Wildman–Crippen LogP) is 3.11. The highest BCUT2D eigenvalue weighted by Gasteiger charge is 2.16. The number of H-pyrrole nitrogens is 1. The minimum atomic E-state index is -0.0667. The molecule has 0 saturated carbocycles. The molecule has 0 aliphatic carbocycles. The molecule has 0 bridgehead atoms. The van der Waals surface area contributed by atoms with Crippen molar-refractivity contribution < 1.29 is 0 Å². The van der Waals surface area contributed by atoms with Gasteiger partial charge in [0.2, 0.25) is 0 Å². The number of hydrogen-bond donors (Lipinski definition) is 1. The molecular formula is C19H15N7. The lowest BCUT2D eigenvalue weighted by atomic mass is 10.1. The molecule has 0 amide bonds. The summed E-state index contributed by atoms with van der Waals surface area (Å²) in [5.74, 6) is 0.812. The van der Waals surface area contributed by atoms with Crippen LogP contribution in [0.5, 0.6) is 0 Å². The zero-order valence-corrected chi connectivity index (χ0v) is 13.8. The number of aromatic amines is 1. The van der Waals surface area contributed by atoms with Crippen LogP contribution in [-0.2, 0) is 0 Å². The summed E-state index contributed by atoms with van der Waals surface area (Å²) in [4.78, 5) is 20.6. The number of rotatable bonds is 4. The maximum absolute atomic E-state index is 4.74. The number of hydrogen-bond acceptors (Lipinski definition) is 4. The van der Waals surface area contributed by atoms with Gasteiger partial charge in [0.15, 0.2) is 0 Å².